The van der Waals surface area contributed by atoms with Crippen LogP contribution in [0.2, 0.25) is 0 Å². The van der Waals surface area contributed by atoms with E-state index in [1.807, 2.05) is 6.21 Å². The van der Waals surface area contributed by atoms with Crippen LogP contribution in [0, 0.1) is 0 Å². The van der Waals surface area contributed by atoms with E-state index >= 15 is 0 Å². The summed E-state index contributed by atoms with van der Waals surface area (Å²) in [6, 6.07) is 13.8. The number of hydrogen-bond donors (Lipinski definition) is 0. The van der Waals surface area contributed by atoms with Crippen molar-refractivity contribution in [1.29, 1.82) is 0 Å². The third-order valence-corrected chi connectivity index (χ3v) is 7.10. The second-order valence-corrected chi connectivity index (χ2v) is 11.1. The van der Waals surface area contributed by atoms with Crippen molar-refractivity contribution in [2.75, 3.05) is 0 Å². The zero-order valence-corrected chi connectivity index (χ0v) is 27.2. The molecule has 0 aliphatic heterocycles. The topological polar surface area (TPSA) is 24.7 Å². The van der Waals surface area contributed by atoms with Gasteiger partial charge in [0.25, 0.3) is 0 Å². The van der Waals surface area contributed by atoms with Crippen molar-refractivity contribution < 1.29 is 16.5 Å². The Bertz CT molecular complexity index is 986. The molecule has 0 saturated heterocycles. The van der Waals surface area contributed by atoms with Crippen molar-refractivity contribution in [3.8, 4) is 0 Å². The minimum Gasteiger partial charge on any atom is -0.255 e. The van der Waals surface area contributed by atoms with Gasteiger partial charge in [-0.1, -0.05) is 117 Å². The Morgan fingerprint density at radius 3 is 1.48 bits per heavy atom. The molecule has 0 aliphatic carbocycles. The molecule has 224 valence electrons. The number of allylic oxidation sites excluding steroid dienone is 2. The van der Waals surface area contributed by atoms with Gasteiger partial charge in [-0.05, 0) is 91.1 Å². The van der Waals surface area contributed by atoms with Gasteiger partial charge in [0.05, 0.1) is 23.3 Å². The van der Waals surface area contributed by atoms with Crippen LogP contribution in [-0.2, 0) is 42.2 Å². The molecule has 0 heterocycles. The van der Waals surface area contributed by atoms with Gasteiger partial charge < -0.3 is 0 Å². The molecule has 0 spiro atoms. The molecule has 0 radical (unpaired) electrons. The normalized spacial score (nSPS) is 12.0. The summed E-state index contributed by atoms with van der Waals surface area (Å²) in [4.78, 5) is 10.1. The third-order valence-electron chi connectivity index (χ3n) is 7.10. The maximum absolute atomic E-state index is 5.13. The van der Waals surface area contributed by atoms with Crippen molar-refractivity contribution >= 4 is 23.3 Å². The Hall–Kier alpha value is -1.99. The van der Waals surface area contributed by atoms with Crippen molar-refractivity contribution in [3.63, 3.8) is 0 Å². The summed E-state index contributed by atoms with van der Waals surface area (Å²) < 4.78 is 0. The molecule has 0 aliphatic rings. The van der Waals surface area contributed by atoms with Crippen LogP contribution in [-0.4, -0.2) is 11.9 Å². The summed E-state index contributed by atoms with van der Waals surface area (Å²) in [5, 5.41) is 0. The second kappa shape index (κ2) is 22.7. The number of aliphatic imine (C=N–C) groups is 2. The van der Waals surface area contributed by atoms with Crippen LogP contribution in [0.5, 0.6) is 0 Å². The van der Waals surface area contributed by atoms with Crippen LogP contribution in [0.3, 0.4) is 0 Å². The molecule has 0 unspecified atom stereocenters. The summed E-state index contributed by atoms with van der Waals surface area (Å²) in [7, 11) is 0. The SMILES string of the molecule is CCCCCCCCC/C=C/C(C=Nc1cc(CCC)cc(CCC)c1)=Nc1cc(CCC)cc(CCC)c1.[Ni]. The number of unbranched alkanes of at least 4 members (excludes halogenated alkanes) is 7. The zero-order valence-electron chi connectivity index (χ0n) is 26.2. The van der Waals surface area contributed by atoms with Crippen LogP contribution >= 0.6 is 0 Å². The van der Waals surface area contributed by atoms with Crippen molar-refractivity contribution in [3.05, 3.63) is 70.8 Å². The average Bonchev–Trinajstić information content (AvgIpc) is 2.91. The zero-order chi connectivity index (χ0) is 28.1. The average molecular weight is 588 g/mol. The first-order chi connectivity index (χ1) is 19.1. The molecule has 2 aromatic carbocycles. The molecule has 0 atom stereocenters. The molecule has 2 rings (SSSR count). The van der Waals surface area contributed by atoms with Gasteiger partial charge in [0, 0.05) is 16.5 Å². The van der Waals surface area contributed by atoms with Gasteiger partial charge in [-0.25, -0.2) is 4.99 Å². The Labute approximate surface area is 257 Å². The molecule has 0 aromatic heterocycles. The molecule has 3 heteroatoms. The summed E-state index contributed by atoms with van der Waals surface area (Å²) >= 11 is 0. The van der Waals surface area contributed by atoms with E-state index in [0.717, 1.165) is 74.9 Å². The summed E-state index contributed by atoms with van der Waals surface area (Å²) in [6.07, 6.45) is 26.0. The maximum Gasteiger partial charge on any atom is 0.0816 e. The fraction of sp³-hybridized carbons (Fsp3) is 0.568. The smallest absolute Gasteiger partial charge is 0.0816 e. The van der Waals surface area contributed by atoms with Gasteiger partial charge in [0.15, 0.2) is 0 Å². The van der Waals surface area contributed by atoms with Crippen LogP contribution < -0.4 is 0 Å². The molecule has 2 aromatic rings. The molecule has 0 bridgehead atoms. The van der Waals surface area contributed by atoms with Crippen LogP contribution in [0.1, 0.15) is 134 Å². The predicted molar refractivity (Wildman–Crippen MR) is 176 cm³/mol. The molecule has 0 fully saturated rings. The molecule has 2 nitrogen and oxygen atoms in total. The van der Waals surface area contributed by atoms with Crippen molar-refractivity contribution in [1.82, 2.24) is 0 Å². The van der Waals surface area contributed by atoms with Crippen molar-refractivity contribution in [2.45, 2.75) is 137 Å². The minimum atomic E-state index is 0. The number of aryl methyl sites for hydroxylation is 4. The third kappa shape index (κ3) is 15.1. The Balaban J connectivity index is 0.00000800. The molecule has 0 saturated carbocycles. The van der Waals surface area contributed by atoms with E-state index in [-0.39, 0.29) is 16.5 Å². The van der Waals surface area contributed by atoms with Crippen LogP contribution in [0.15, 0.2) is 58.5 Å². The van der Waals surface area contributed by atoms with E-state index in [2.05, 4.69) is 83.2 Å². The Morgan fingerprint density at radius 1 is 0.550 bits per heavy atom. The van der Waals surface area contributed by atoms with Gasteiger partial charge >= 0.3 is 0 Å². The van der Waals surface area contributed by atoms with Crippen LogP contribution in [0.25, 0.3) is 0 Å². The fourth-order valence-electron chi connectivity index (χ4n) is 5.18. The molecule has 0 amide bonds. The summed E-state index contributed by atoms with van der Waals surface area (Å²) in [5.74, 6) is 0. The van der Waals surface area contributed by atoms with Gasteiger partial charge in [-0.2, -0.15) is 0 Å². The maximum atomic E-state index is 5.13. The number of hydrogen-bond acceptors (Lipinski definition) is 2. The number of nitrogens with zero attached hydrogens (tertiary/aromatic N) is 2. The first-order valence-electron chi connectivity index (χ1n) is 16.2. The van der Waals surface area contributed by atoms with E-state index < -0.39 is 0 Å². The molecular weight excluding hydrogens is 531 g/mol. The Kier molecular flexibility index (Phi) is 20.4. The largest absolute Gasteiger partial charge is 0.255 e. The van der Waals surface area contributed by atoms with E-state index in [1.54, 1.807) is 0 Å². The van der Waals surface area contributed by atoms with E-state index in [0.29, 0.717) is 0 Å². The van der Waals surface area contributed by atoms with E-state index in [9.17, 15) is 0 Å². The summed E-state index contributed by atoms with van der Waals surface area (Å²) in [6.45, 7) is 11.3. The minimum absolute atomic E-state index is 0. The summed E-state index contributed by atoms with van der Waals surface area (Å²) in [5.41, 5.74) is 8.60. The van der Waals surface area contributed by atoms with Gasteiger partial charge in [-0.3, -0.25) is 4.99 Å². The number of benzene rings is 2. The molecule has 40 heavy (non-hydrogen) atoms. The number of rotatable bonds is 20. The standard InChI is InChI=1S/C37H56N2.Ni/c1-6-11-12-13-14-15-16-17-18-23-35(39-37-28-33(21-9-4)25-34(29-37)22-10-5)30-38-36-26-31(19-7-2)24-32(27-36)20-8-3;/h18,23-30H,6-17,19-22H2,1-5H3;/b23-18+,38-30?,39-35?;. The first kappa shape index (κ1) is 36.0. The van der Waals surface area contributed by atoms with Crippen molar-refractivity contribution in [2.24, 2.45) is 9.98 Å². The van der Waals surface area contributed by atoms with E-state index in [1.165, 1.54) is 67.2 Å². The first-order valence-corrected chi connectivity index (χ1v) is 16.2. The monoisotopic (exact) mass is 586 g/mol. The predicted octanol–water partition coefficient (Wildman–Crippen LogP) is 11.7. The van der Waals surface area contributed by atoms with Gasteiger partial charge in [-0.15, -0.1) is 0 Å². The second-order valence-electron chi connectivity index (χ2n) is 11.1. The molecule has 0 N–H and O–H groups in total. The van der Waals surface area contributed by atoms with Gasteiger partial charge in [0.2, 0.25) is 0 Å². The van der Waals surface area contributed by atoms with Gasteiger partial charge in [0.1, 0.15) is 0 Å². The Morgan fingerprint density at radius 2 is 1.00 bits per heavy atom. The quantitative estimate of drug-likeness (QED) is 0.0836. The van der Waals surface area contributed by atoms with Crippen LogP contribution in [0.4, 0.5) is 11.4 Å². The molecular formula is C37H56N2Ni. The van der Waals surface area contributed by atoms with E-state index in [4.69, 9.17) is 9.98 Å². The fourth-order valence-corrected chi connectivity index (χ4v) is 5.18.